The summed E-state index contributed by atoms with van der Waals surface area (Å²) >= 11 is -2.00. The summed E-state index contributed by atoms with van der Waals surface area (Å²) in [6.07, 6.45) is 0. The van der Waals surface area contributed by atoms with E-state index in [4.69, 9.17) is 4.55 Å². The predicted molar refractivity (Wildman–Crippen MR) is 69.9 cm³/mol. The quantitative estimate of drug-likeness (QED) is 0.834. The molecule has 0 radical (unpaired) electrons. The van der Waals surface area contributed by atoms with Gasteiger partial charge in [-0.3, -0.25) is 4.79 Å². The standard InChI is InChI=1S/C13H11NO3S/c15-13(10-4-2-1-3-5-10)14-11-6-8-12(9-7-11)18(16)17/h1-9H,(H,14,15)(H,16,17). The number of hydrogen-bond acceptors (Lipinski definition) is 2. The highest BCUT2D eigenvalue weighted by Crippen LogP contribution is 2.13. The molecule has 0 fully saturated rings. The molecule has 2 rings (SSSR count). The summed E-state index contributed by atoms with van der Waals surface area (Å²) in [7, 11) is 0. The molecular formula is C13H11NO3S. The summed E-state index contributed by atoms with van der Waals surface area (Å²) in [5.74, 6) is -0.214. The first-order valence-corrected chi connectivity index (χ1v) is 6.35. The Morgan fingerprint density at radius 2 is 1.61 bits per heavy atom. The van der Waals surface area contributed by atoms with Gasteiger partial charge in [-0.05, 0) is 36.4 Å². The van der Waals surface area contributed by atoms with E-state index in [1.165, 1.54) is 12.1 Å². The van der Waals surface area contributed by atoms with Gasteiger partial charge < -0.3 is 9.87 Å². The number of hydrogen-bond donors (Lipinski definition) is 2. The number of amides is 1. The first-order chi connectivity index (χ1) is 8.66. The van der Waals surface area contributed by atoms with E-state index in [2.05, 4.69) is 5.32 Å². The third kappa shape index (κ3) is 3.03. The van der Waals surface area contributed by atoms with Gasteiger partial charge in [0.05, 0.1) is 4.90 Å². The van der Waals surface area contributed by atoms with Crippen molar-refractivity contribution in [1.29, 1.82) is 0 Å². The van der Waals surface area contributed by atoms with Crippen molar-refractivity contribution in [3.63, 3.8) is 0 Å². The number of nitrogens with one attached hydrogen (secondary N) is 1. The van der Waals surface area contributed by atoms with Gasteiger partial charge in [0.1, 0.15) is 0 Å². The van der Waals surface area contributed by atoms with Crippen molar-refractivity contribution in [1.82, 2.24) is 0 Å². The summed E-state index contributed by atoms with van der Waals surface area (Å²) in [5, 5.41) is 2.70. The highest BCUT2D eigenvalue weighted by molar-refractivity contribution is 7.79. The van der Waals surface area contributed by atoms with Crippen LogP contribution in [-0.2, 0) is 11.1 Å². The molecule has 0 saturated carbocycles. The molecule has 0 saturated heterocycles. The largest absolute Gasteiger partial charge is 0.322 e. The van der Waals surface area contributed by atoms with E-state index in [-0.39, 0.29) is 5.91 Å². The molecule has 0 heterocycles. The van der Waals surface area contributed by atoms with E-state index in [1.807, 2.05) is 6.07 Å². The molecule has 1 unspecified atom stereocenters. The average molecular weight is 261 g/mol. The molecule has 5 heteroatoms. The number of rotatable bonds is 3. The molecule has 92 valence electrons. The maximum Gasteiger partial charge on any atom is 0.255 e. The van der Waals surface area contributed by atoms with Gasteiger partial charge in [0.25, 0.3) is 5.91 Å². The van der Waals surface area contributed by atoms with Crippen LogP contribution in [0.2, 0.25) is 0 Å². The zero-order valence-electron chi connectivity index (χ0n) is 9.37. The second kappa shape index (κ2) is 5.57. The van der Waals surface area contributed by atoms with Crippen LogP contribution in [-0.4, -0.2) is 14.7 Å². The Morgan fingerprint density at radius 3 is 2.17 bits per heavy atom. The zero-order valence-corrected chi connectivity index (χ0v) is 10.2. The smallest absolute Gasteiger partial charge is 0.255 e. The van der Waals surface area contributed by atoms with Crippen LogP contribution in [0.25, 0.3) is 0 Å². The topological polar surface area (TPSA) is 66.4 Å². The van der Waals surface area contributed by atoms with Crippen LogP contribution >= 0.6 is 0 Å². The molecule has 0 bridgehead atoms. The minimum atomic E-state index is -2.00. The minimum Gasteiger partial charge on any atom is -0.322 e. The third-order valence-corrected chi connectivity index (χ3v) is 3.03. The van der Waals surface area contributed by atoms with Crippen LogP contribution in [0.1, 0.15) is 10.4 Å². The van der Waals surface area contributed by atoms with E-state index in [1.54, 1.807) is 36.4 Å². The number of carbonyl (C=O) groups is 1. The molecular weight excluding hydrogens is 250 g/mol. The highest BCUT2D eigenvalue weighted by Gasteiger charge is 2.05. The number of benzene rings is 2. The van der Waals surface area contributed by atoms with Gasteiger partial charge in [-0.25, -0.2) is 4.21 Å². The Labute approximate surface area is 107 Å². The Bertz CT molecular complexity index is 567. The van der Waals surface area contributed by atoms with E-state index in [0.29, 0.717) is 16.1 Å². The van der Waals surface area contributed by atoms with Gasteiger partial charge in [-0.15, -0.1) is 0 Å². The van der Waals surface area contributed by atoms with Gasteiger partial charge in [0.15, 0.2) is 11.1 Å². The SMILES string of the molecule is O=C(Nc1ccc(S(=O)O)cc1)c1ccccc1. The monoisotopic (exact) mass is 261 g/mol. The summed E-state index contributed by atoms with van der Waals surface area (Å²) in [4.78, 5) is 12.1. The van der Waals surface area contributed by atoms with Crippen molar-refractivity contribution in [3.8, 4) is 0 Å². The lowest BCUT2D eigenvalue weighted by Crippen LogP contribution is -2.11. The lowest BCUT2D eigenvalue weighted by molar-refractivity contribution is 0.102. The molecule has 2 aromatic carbocycles. The maximum absolute atomic E-state index is 11.8. The second-order valence-electron chi connectivity index (χ2n) is 3.59. The Balaban J connectivity index is 2.10. The Morgan fingerprint density at radius 1 is 1.00 bits per heavy atom. The summed E-state index contributed by atoms with van der Waals surface area (Å²) in [6.45, 7) is 0. The number of carbonyl (C=O) groups excluding carboxylic acids is 1. The molecule has 1 atom stereocenters. The van der Waals surface area contributed by atoms with Crippen molar-refractivity contribution in [2.24, 2.45) is 0 Å². The molecule has 0 aliphatic heterocycles. The van der Waals surface area contributed by atoms with Gasteiger partial charge in [0, 0.05) is 11.3 Å². The fourth-order valence-electron chi connectivity index (χ4n) is 1.45. The first kappa shape index (κ1) is 12.5. The second-order valence-corrected chi connectivity index (χ2v) is 4.56. The van der Waals surface area contributed by atoms with Crippen molar-refractivity contribution < 1.29 is 13.6 Å². The molecule has 2 N–H and O–H groups in total. The highest BCUT2D eigenvalue weighted by atomic mass is 32.2. The summed E-state index contributed by atoms with van der Waals surface area (Å²) < 4.78 is 19.6. The normalized spacial score (nSPS) is 11.8. The van der Waals surface area contributed by atoms with Gasteiger partial charge in [-0.2, -0.15) is 0 Å². The van der Waals surface area contributed by atoms with Crippen LogP contribution in [0, 0.1) is 0 Å². The molecule has 0 aromatic heterocycles. The molecule has 4 nitrogen and oxygen atoms in total. The minimum absolute atomic E-state index is 0.214. The fraction of sp³-hybridized carbons (Fsp3) is 0. The fourth-order valence-corrected chi connectivity index (χ4v) is 1.82. The molecule has 18 heavy (non-hydrogen) atoms. The lowest BCUT2D eigenvalue weighted by atomic mass is 10.2. The van der Waals surface area contributed by atoms with Crippen molar-refractivity contribution in [2.45, 2.75) is 4.90 Å². The maximum atomic E-state index is 11.8. The van der Waals surface area contributed by atoms with Crippen LogP contribution in [0.4, 0.5) is 5.69 Å². The number of anilines is 1. The third-order valence-electron chi connectivity index (χ3n) is 2.35. The Kier molecular flexibility index (Phi) is 3.86. The lowest BCUT2D eigenvalue weighted by Gasteiger charge is -2.05. The first-order valence-electron chi connectivity index (χ1n) is 5.24. The molecule has 2 aromatic rings. The predicted octanol–water partition coefficient (Wildman–Crippen LogP) is 2.52. The van der Waals surface area contributed by atoms with E-state index >= 15 is 0 Å². The molecule has 0 aliphatic carbocycles. The van der Waals surface area contributed by atoms with Crippen LogP contribution in [0.3, 0.4) is 0 Å². The summed E-state index contributed by atoms with van der Waals surface area (Å²) in [5.41, 5.74) is 1.14. The van der Waals surface area contributed by atoms with Crippen LogP contribution < -0.4 is 5.32 Å². The molecule has 1 amide bonds. The van der Waals surface area contributed by atoms with Crippen molar-refractivity contribution in [3.05, 3.63) is 60.2 Å². The van der Waals surface area contributed by atoms with E-state index in [0.717, 1.165) is 0 Å². The van der Waals surface area contributed by atoms with Crippen molar-refractivity contribution >= 4 is 22.7 Å². The van der Waals surface area contributed by atoms with Gasteiger partial charge in [-0.1, -0.05) is 18.2 Å². The average Bonchev–Trinajstić information content (AvgIpc) is 2.40. The van der Waals surface area contributed by atoms with Gasteiger partial charge >= 0.3 is 0 Å². The molecule has 0 aliphatic rings. The van der Waals surface area contributed by atoms with E-state index in [9.17, 15) is 9.00 Å². The zero-order chi connectivity index (χ0) is 13.0. The van der Waals surface area contributed by atoms with Crippen molar-refractivity contribution in [2.75, 3.05) is 5.32 Å². The van der Waals surface area contributed by atoms with Crippen LogP contribution in [0.5, 0.6) is 0 Å². The Hall–Kier alpha value is -1.98. The molecule has 0 spiro atoms. The van der Waals surface area contributed by atoms with E-state index < -0.39 is 11.1 Å². The van der Waals surface area contributed by atoms with Crippen LogP contribution in [0.15, 0.2) is 59.5 Å². The van der Waals surface area contributed by atoms with Gasteiger partial charge in [0.2, 0.25) is 0 Å². The summed E-state index contributed by atoms with van der Waals surface area (Å²) in [6, 6.07) is 15.0.